The first-order valence-corrected chi connectivity index (χ1v) is 21.5. The van der Waals surface area contributed by atoms with E-state index in [1.807, 2.05) is 0 Å². The normalized spacial score (nSPS) is 11.5. The lowest BCUT2D eigenvalue weighted by Gasteiger charge is -2.23. The van der Waals surface area contributed by atoms with E-state index in [9.17, 15) is 0 Å². The van der Waals surface area contributed by atoms with Crippen LogP contribution in [0.15, 0.2) is 243 Å². The first-order valence-electron chi connectivity index (χ1n) is 21.5. The number of benzene rings is 12. The summed E-state index contributed by atoms with van der Waals surface area (Å²) in [5, 5.41) is 12.4. The minimum atomic E-state index is 1.20. The zero-order valence-electron chi connectivity index (χ0n) is 34.1. The Morgan fingerprint density at radius 1 is 0.161 bits per heavy atom. The van der Waals surface area contributed by atoms with E-state index in [1.54, 1.807) is 0 Å². The Hall–Kier alpha value is -8.06. The van der Waals surface area contributed by atoms with Gasteiger partial charge in [0.2, 0.25) is 0 Å². The third-order valence-corrected chi connectivity index (χ3v) is 12.9. The SMILES string of the molecule is c1ccc(-c2ccc(-c3ccccc3-c3c4ccccc4c(-c4c5ccccc5c(-c5cc6ccccc6cc5-c5ccccc5)c5ccccc45)c4ccccc34)cc2)cc1. The molecule has 12 aromatic carbocycles. The number of fused-ring (bicyclic) bond motifs is 5. The van der Waals surface area contributed by atoms with Crippen molar-refractivity contribution in [2.75, 3.05) is 0 Å². The Kier molecular flexibility index (Phi) is 8.61. The van der Waals surface area contributed by atoms with Crippen LogP contribution < -0.4 is 0 Å². The van der Waals surface area contributed by atoms with Crippen molar-refractivity contribution >= 4 is 53.9 Å². The summed E-state index contributed by atoms with van der Waals surface area (Å²) in [6, 6.07) is 89.4. The Bertz CT molecular complexity index is 3540. The fourth-order valence-corrected chi connectivity index (χ4v) is 10.1. The van der Waals surface area contributed by atoms with E-state index in [4.69, 9.17) is 0 Å². The predicted octanol–water partition coefficient (Wildman–Crippen LogP) is 17.5. The van der Waals surface area contributed by atoms with Crippen LogP contribution in [0.4, 0.5) is 0 Å². The van der Waals surface area contributed by atoms with E-state index in [0.29, 0.717) is 0 Å². The van der Waals surface area contributed by atoms with Crippen LogP contribution in [0.3, 0.4) is 0 Å². The summed E-state index contributed by atoms with van der Waals surface area (Å²) < 4.78 is 0. The minimum absolute atomic E-state index is 1.20. The van der Waals surface area contributed by atoms with Crippen molar-refractivity contribution in [1.29, 1.82) is 0 Å². The third-order valence-electron chi connectivity index (χ3n) is 12.9. The second-order valence-corrected chi connectivity index (χ2v) is 16.3. The number of hydrogen-bond donors (Lipinski definition) is 0. The topological polar surface area (TPSA) is 0 Å². The fourth-order valence-electron chi connectivity index (χ4n) is 10.1. The van der Waals surface area contributed by atoms with Crippen LogP contribution in [-0.4, -0.2) is 0 Å². The van der Waals surface area contributed by atoms with Gasteiger partial charge in [-0.2, -0.15) is 0 Å². The quantitative estimate of drug-likeness (QED) is 0.147. The maximum absolute atomic E-state index is 2.41. The molecule has 0 bridgehead atoms. The summed E-state index contributed by atoms with van der Waals surface area (Å²) in [6.45, 7) is 0. The van der Waals surface area contributed by atoms with Gasteiger partial charge >= 0.3 is 0 Å². The second-order valence-electron chi connectivity index (χ2n) is 16.3. The summed E-state index contributed by atoms with van der Waals surface area (Å²) in [6.07, 6.45) is 0. The summed E-state index contributed by atoms with van der Waals surface area (Å²) in [7, 11) is 0. The molecule has 0 radical (unpaired) electrons. The highest BCUT2D eigenvalue weighted by atomic mass is 14.3. The van der Waals surface area contributed by atoms with Gasteiger partial charge in [-0.3, -0.25) is 0 Å². The van der Waals surface area contributed by atoms with Gasteiger partial charge in [0.1, 0.15) is 0 Å². The Labute approximate surface area is 361 Å². The lowest BCUT2D eigenvalue weighted by atomic mass is 9.79. The molecule has 0 saturated carbocycles. The number of rotatable bonds is 6. The lowest BCUT2D eigenvalue weighted by Crippen LogP contribution is -1.96. The molecule has 0 heteroatoms. The van der Waals surface area contributed by atoms with E-state index in [-0.39, 0.29) is 0 Å². The van der Waals surface area contributed by atoms with E-state index >= 15 is 0 Å². The van der Waals surface area contributed by atoms with Crippen LogP contribution in [-0.2, 0) is 0 Å². The molecular weight excluding hydrogens is 745 g/mol. The molecular formula is C62H40. The van der Waals surface area contributed by atoms with Crippen LogP contribution >= 0.6 is 0 Å². The molecule has 0 aliphatic carbocycles. The highest BCUT2D eigenvalue weighted by molar-refractivity contribution is 6.30. The van der Waals surface area contributed by atoms with Crippen LogP contribution in [0.1, 0.15) is 0 Å². The molecule has 0 aliphatic heterocycles. The van der Waals surface area contributed by atoms with Crippen molar-refractivity contribution in [3.8, 4) is 66.8 Å². The maximum atomic E-state index is 2.41. The molecule has 0 spiro atoms. The Balaban J connectivity index is 1.15. The van der Waals surface area contributed by atoms with Crippen molar-refractivity contribution < 1.29 is 0 Å². The van der Waals surface area contributed by atoms with Crippen molar-refractivity contribution in [2.45, 2.75) is 0 Å². The van der Waals surface area contributed by atoms with Crippen molar-refractivity contribution in [3.05, 3.63) is 243 Å². The van der Waals surface area contributed by atoms with Crippen molar-refractivity contribution in [1.82, 2.24) is 0 Å². The zero-order valence-corrected chi connectivity index (χ0v) is 34.1. The summed E-state index contributed by atoms with van der Waals surface area (Å²) in [5.74, 6) is 0. The molecule has 0 aromatic heterocycles. The van der Waals surface area contributed by atoms with Gasteiger partial charge in [0, 0.05) is 0 Å². The molecule has 12 rings (SSSR count). The predicted molar refractivity (Wildman–Crippen MR) is 267 cm³/mol. The highest BCUT2D eigenvalue weighted by Crippen LogP contribution is 2.52. The molecule has 12 aromatic rings. The second kappa shape index (κ2) is 14.9. The lowest BCUT2D eigenvalue weighted by molar-refractivity contribution is 1.58. The molecule has 0 amide bonds. The molecule has 0 N–H and O–H groups in total. The number of hydrogen-bond acceptors (Lipinski definition) is 0. The smallest absolute Gasteiger partial charge is 0.00139 e. The summed E-state index contributed by atoms with van der Waals surface area (Å²) in [5.41, 5.74) is 14.9. The van der Waals surface area contributed by atoms with Crippen LogP contribution in [0.25, 0.3) is 121 Å². The molecule has 288 valence electrons. The van der Waals surface area contributed by atoms with Gasteiger partial charge in [-0.1, -0.05) is 231 Å². The van der Waals surface area contributed by atoms with Gasteiger partial charge in [0.25, 0.3) is 0 Å². The first-order chi connectivity index (χ1) is 30.8. The van der Waals surface area contributed by atoms with E-state index in [1.165, 1.54) is 121 Å². The zero-order chi connectivity index (χ0) is 41.0. The maximum Gasteiger partial charge on any atom is -0.00139 e. The molecule has 0 unspecified atom stereocenters. The van der Waals surface area contributed by atoms with Gasteiger partial charge in [-0.05, 0) is 133 Å². The van der Waals surface area contributed by atoms with Gasteiger partial charge in [-0.15, -0.1) is 0 Å². The van der Waals surface area contributed by atoms with Crippen LogP contribution in [0.5, 0.6) is 0 Å². The molecule has 0 saturated heterocycles. The van der Waals surface area contributed by atoms with Crippen molar-refractivity contribution in [3.63, 3.8) is 0 Å². The van der Waals surface area contributed by atoms with Gasteiger partial charge in [-0.25, -0.2) is 0 Å². The van der Waals surface area contributed by atoms with E-state index in [0.717, 1.165) is 0 Å². The van der Waals surface area contributed by atoms with Gasteiger partial charge < -0.3 is 0 Å². The fraction of sp³-hybridized carbons (Fsp3) is 0. The molecule has 0 fully saturated rings. The molecule has 0 aliphatic rings. The average molecular weight is 785 g/mol. The van der Waals surface area contributed by atoms with E-state index in [2.05, 4.69) is 243 Å². The molecule has 0 nitrogen and oxygen atoms in total. The first kappa shape index (κ1) is 35.8. The Morgan fingerprint density at radius 3 is 0.919 bits per heavy atom. The monoisotopic (exact) mass is 784 g/mol. The molecule has 62 heavy (non-hydrogen) atoms. The summed E-state index contributed by atoms with van der Waals surface area (Å²) >= 11 is 0. The Morgan fingerprint density at radius 2 is 0.452 bits per heavy atom. The standard InChI is InChI=1S/C62H40/c1-3-19-41(20-4-1)42-35-37-44(38-36-42)47-25-9-10-26-48(47)59-49-27-11-15-31-53(49)61(54-32-16-12-28-50(54)59)62-55-33-17-13-29-51(55)60(52-30-14-18-34-56(52)62)58-40-46-24-8-7-23-45(46)39-57(58)43-21-5-2-6-22-43/h1-40H. The average Bonchev–Trinajstić information content (AvgIpc) is 3.35. The summed E-state index contributed by atoms with van der Waals surface area (Å²) in [4.78, 5) is 0. The van der Waals surface area contributed by atoms with Crippen molar-refractivity contribution in [2.24, 2.45) is 0 Å². The van der Waals surface area contributed by atoms with E-state index < -0.39 is 0 Å². The van der Waals surface area contributed by atoms with Crippen LogP contribution in [0.2, 0.25) is 0 Å². The minimum Gasteiger partial charge on any atom is -0.0622 e. The molecule has 0 heterocycles. The molecule has 0 atom stereocenters. The van der Waals surface area contributed by atoms with Gasteiger partial charge in [0.15, 0.2) is 0 Å². The van der Waals surface area contributed by atoms with Crippen LogP contribution in [0, 0.1) is 0 Å². The third kappa shape index (κ3) is 5.84. The van der Waals surface area contributed by atoms with Gasteiger partial charge in [0.05, 0.1) is 0 Å². The largest absolute Gasteiger partial charge is 0.0622 e. The highest BCUT2D eigenvalue weighted by Gasteiger charge is 2.24.